The molecule has 2 N–H and O–H groups in total. The van der Waals surface area contributed by atoms with Crippen LogP contribution in [0.1, 0.15) is 71.6 Å². The van der Waals surface area contributed by atoms with Crippen LogP contribution < -0.4 is 0 Å². The molecule has 28 heavy (non-hydrogen) atoms. The van der Waals surface area contributed by atoms with Crippen LogP contribution in [0.4, 0.5) is 0 Å². The van der Waals surface area contributed by atoms with Gasteiger partial charge in [-0.2, -0.15) is 0 Å². The third-order valence-corrected chi connectivity index (χ3v) is 10.0. The Bertz CT molecular complexity index is 565. The second kappa shape index (κ2) is 7.51. The number of hydrogen-bond donors (Lipinski definition) is 2. The lowest BCUT2D eigenvalue weighted by atomic mass is 9.43. The second-order valence-electron chi connectivity index (χ2n) is 11.1. The summed E-state index contributed by atoms with van der Waals surface area (Å²) in [4.78, 5) is 0. The Morgan fingerprint density at radius 2 is 1.68 bits per heavy atom. The molecule has 0 aromatic heterocycles. The Labute approximate surface area is 171 Å². The van der Waals surface area contributed by atoms with E-state index in [-0.39, 0.29) is 11.5 Å². The van der Waals surface area contributed by atoms with Crippen LogP contribution >= 0.6 is 0 Å². The maximum absolute atomic E-state index is 11.1. The molecule has 0 radical (unpaired) electrons. The molecule has 4 fully saturated rings. The van der Waals surface area contributed by atoms with Crippen molar-refractivity contribution in [2.75, 3.05) is 27.4 Å². The molecule has 4 nitrogen and oxygen atoms in total. The van der Waals surface area contributed by atoms with Crippen molar-refractivity contribution < 1.29 is 19.7 Å². The molecule has 4 aliphatic rings. The third kappa shape index (κ3) is 3.09. The van der Waals surface area contributed by atoms with Gasteiger partial charge < -0.3 is 19.7 Å². The van der Waals surface area contributed by atoms with E-state index in [2.05, 4.69) is 6.92 Å². The predicted molar refractivity (Wildman–Crippen MR) is 110 cm³/mol. The Morgan fingerprint density at radius 3 is 2.36 bits per heavy atom. The van der Waals surface area contributed by atoms with Gasteiger partial charge in [-0.25, -0.2) is 0 Å². The van der Waals surface area contributed by atoms with E-state index in [1.165, 1.54) is 38.5 Å². The quantitative estimate of drug-likeness (QED) is 0.739. The Kier molecular flexibility index (Phi) is 5.66. The van der Waals surface area contributed by atoms with Crippen LogP contribution in [0.5, 0.6) is 0 Å². The number of hydrogen-bond acceptors (Lipinski definition) is 4. The lowest BCUT2D eigenvalue weighted by Crippen LogP contribution is -2.59. The number of aliphatic hydroxyl groups excluding tert-OH is 1. The van der Waals surface area contributed by atoms with E-state index in [1.54, 1.807) is 7.11 Å². The van der Waals surface area contributed by atoms with Gasteiger partial charge in [0, 0.05) is 14.2 Å². The van der Waals surface area contributed by atoms with Gasteiger partial charge in [-0.05, 0) is 105 Å². The van der Waals surface area contributed by atoms with Gasteiger partial charge >= 0.3 is 0 Å². The summed E-state index contributed by atoms with van der Waals surface area (Å²) in [5, 5.41) is 21.5. The van der Waals surface area contributed by atoms with Crippen molar-refractivity contribution in [2.45, 2.75) is 83.3 Å². The second-order valence-corrected chi connectivity index (χ2v) is 11.1. The fourth-order valence-corrected chi connectivity index (χ4v) is 8.91. The SMILES string of the molecule is COC[C@@]1(O)CC[C@@]2(COC)[C@@H](CC[C@H]3[C@@H]4CC[C@H](C(C)O)[C@@]4(C)CC[C@@H]32)C1. The third-order valence-electron chi connectivity index (χ3n) is 10.0. The summed E-state index contributed by atoms with van der Waals surface area (Å²) in [5.41, 5.74) is -0.124. The highest BCUT2D eigenvalue weighted by atomic mass is 16.5. The number of aliphatic hydroxyl groups is 2. The maximum Gasteiger partial charge on any atom is 0.0883 e. The van der Waals surface area contributed by atoms with Crippen LogP contribution in [-0.2, 0) is 9.47 Å². The maximum atomic E-state index is 11.1. The average Bonchev–Trinajstić information content (AvgIpc) is 3.00. The van der Waals surface area contributed by atoms with E-state index in [9.17, 15) is 10.2 Å². The molecular formula is C24H42O4. The van der Waals surface area contributed by atoms with Crippen molar-refractivity contribution in [1.29, 1.82) is 0 Å². The summed E-state index contributed by atoms with van der Waals surface area (Å²) in [5.74, 6) is 3.24. The molecule has 0 heterocycles. The fraction of sp³-hybridized carbons (Fsp3) is 1.00. The van der Waals surface area contributed by atoms with Crippen LogP contribution in [-0.4, -0.2) is 49.4 Å². The average molecular weight is 395 g/mol. The number of methoxy groups -OCH3 is 2. The minimum atomic E-state index is -0.655. The molecule has 4 saturated carbocycles. The summed E-state index contributed by atoms with van der Waals surface area (Å²) in [7, 11) is 3.56. The van der Waals surface area contributed by atoms with Crippen molar-refractivity contribution >= 4 is 0 Å². The highest BCUT2D eigenvalue weighted by Gasteiger charge is 2.63. The molecule has 0 saturated heterocycles. The van der Waals surface area contributed by atoms with Crippen molar-refractivity contribution in [2.24, 2.45) is 40.4 Å². The molecule has 9 atom stereocenters. The Morgan fingerprint density at radius 1 is 0.929 bits per heavy atom. The van der Waals surface area contributed by atoms with E-state index in [4.69, 9.17) is 9.47 Å². The summed E-state index contributed by atoms with van der Waals surface area (Å²) in [6, 6.07) is 0. The lowest BCUT2D eigenvalue weighted by Gasteiger charge is -2.63. The molecular weight excluding hydrogens is 352 g/mol. The first kappa shape index (κ1) is 21.1. The van der Waals surface area contributed by atoms with Crippen molar-refractivity contribution in [1.82, 2.24) is 0 Å². The topological polar surface area (TPSA) is 58.9 Å². The number of rotatable bonds is 5. The molecule has 4 aliphatic carbocycles. The van der Waals surface area contributed by atoms with Gasteiger partial charge in [0.15, 0.2) is 0 Å². The summed E-state index contributed by atoms with van der Waals surface area (Å²) >= 11 is 0. The molecule has 0 amide bonds. The van der Waals surface area contributed by atoms with Crippen molar-refractivity contribution in [3.05, 3.63) is 0 Å². The standard InChI is InChI=1S/C24H42O4/c1-16(25)19-7-8-20-18-6-5-17-13-23(26,14-27-3)11-12-24(17,15-28-4)21(18)9-10-22(19,20)2/h16-21,25-26H,5-15H2,1-4H3/t16?,17-,18-,19+,20-,21-,22+,23+,24+/m0/s1. The molecule has 0 aromatic carbocycles. The van der Waals surface area contributed by atoms with Crippen LogP contribution in [0.25, 0.3) is 0 Å². The van der Waals surface area contributed by atoms with Gasteiger partial charge in [0.25, 0.3) is 0 Å². The highest BCUT2D eigenvalue weighted by Crippen LogP contribution is 2.68. The monoisotopic (exact) mass is 394 g/mol. The zero-order chi connectivity index (χ0) is 20.2. The summed E-state index contributed by atoms with van der Waals surface area (Å²) < 4.78 is 11.2. The van der Waals surface area contributed by atoms with Gasteiger partial charge in [0.2, 0.25) is 0 Å². The summed E-state index contributed by atoms with van der Waals surface area (Å²) in [6.45, 7) is 5.78. The highest BCUT2D eigenvalue weighted by molar-refractivity contribution is 5.12. The van der Waals surface area contributed by atoms with E-state index >= 15 is 0 Å². The minimum Gasteiger partial charge on any atom is -0.393 e. The van der Waals surface area contributed by atoms with E-state index < -0.39 is 5.60 Å². The van der Waals surface area contributed by atoms with Gasteiger partial charge in [0.05, 0.1) is 24.9 Å². The van der Waals surface area contributed by atoms with Gasteiger partial charge in [0.1, 0.15) is 0 Å². The molecule has 162 valence electrons. The van der Waals surface area contributed by atoms with Crippen molar-refractivity contribution in [3.63, 3.8) is 0 Å². The first-order valence-electron chi connectivity index (χ1n) is 11.7. The minimum absolute atomic E-state index is 0.186. The Hall–Kier alpha value is -0.160. The molecule has 1 unspecified atom stereocenters. The molecule has 0 bridgehead atoms. The molecule has 4 rings (SSSR count). The van der Waals surface area contributed by atoms with Gasteiger partial charge in [-0.3, -0.25) is 0 Å². The fourth-order valence-electron chi connectivity index (χ4n) is 8.91. The molecule has 0 aliphatic heterocycles. The van der Waals surface area contributed by atoms with Crippen LogP contribution in [0.15, 0.2) is 0 Å². The van der Waals surface area contributed by atoms with E-state index in [0.29, 0.717) is 29.8 Å². The Balaban J connectivity index is 1.61. The zero-order valence-electron chi connectivity index (χ0n) is 18.5. The van der Waals surface area contributed by atoms with Crippen LogP contribution in [0.3, 0.4) is 0 Å². The number of ether oxygens (including phenoxy) is 2. The first-order valence-corrected chi connectivity index (χ1v) is 11.7. The normalized spacial score (nSPS) is 51.9. The van der Waals surface area contributed by atoms with Gasteiger partial charge in [-0.15, -0.1) is 0 Å². The molecule has 4 heteroatoms. The largest absolute Gasteiger partial charge is 0.393 e. The van der Waals surface area contributed by atoms with Crippen LogP contribution in [0.2, 0.25) is 0 Å². The predicted octanol–water partition coefficient (Wildman–Crippen LogP) is 4.03. The molecule has 0 aromatic rings. The lowest BCUT2D eigenvalue weighted by molar-refractivity contribution is -0.188. The van der Waals surface area contributed by atoms with E-state index in [1.807, 2.05) is 14.0 Å². The molecule has 0 spiro atoms. The first-order chi connectivity index (χ1) is 13.3. The smallest absolute Gasteiger partial charge is 0.0883 e. The van der Waals surface area contributed by atoms with Crippen molar-refractivity contribution in [3.8, 4) is 0 Å². The van der Waals surface area contributed by atoms with Crippen LogP contribution in [0, 0.1) is 40.4 Å². The van der Waals surface area contributed by atoms with Gasteiger partial charge in [-0.1, -0.05) is 6.92 Å². The number of fused-ring (bicyclic) bond motifs is 5. The zero-order valence-corrected chi connectivity index (χ0v) is 18.5. The summed E-state index contributed by atoms with van der Waals surface area (Å²) in [6.07, 6.45) is 10.1. The van der Waals surface area contributed by atoms with E-state index in [0.717, 1.165) is 37.7 Å².